The van der Waals surface area contributed by atoms with Crippen molar-refractivity contribution in [3.8, 4) is 17.0 Å². The number of carbonyl (C=O) groups is 1. The van der Waals surface area contributed by atoms with E-state index in [4.69, 9.17) is 21.1 Å². The second-order valence-corrected chi connectivity index (χ2v) is 8.09. The molecule has 0 radical (unpaired) electrons. The molecule has 0 bridgehead atoms. The van der Waals surface area contributed by atoms with Crippen LogP contribution in [0, 0.1) is 0 Å². The van der Waals surface area contributed by atoms with E-state index in [1.165, 1.54) is 7.11 Å². The molecule has 1 saturated heterocycles. The lowest BCUT2D eigenvalue weighted by atomic mass is 10.1. The summed E-state index contributed by atoms with van der Waals surface area (Å²) in [6, 6.07) is 7.28. The lowest BCUT2D eigenvalue weighted by Gasteiger charge is -2.26. The zero-order valence-electron chi connectivity index (χ0n) is 18.4. The highest BCUT2D eigenvalue weighted by atomic mass is 35.5. The Morgan fingerprint density at radius 1 is 1.24 bits per heavy atom. The number of benzene rings is 1. The van der Waals surface area contributed by atoms with Gasteiger partial charge in [-0.3, -0.25) is 9.69 Å². The summed E-state index contributed by atoms with van der Waals surface area (Å²) in [5, 5.41) is 6.29. The van der Waals surface area contributed by atoms with E-state index >= 15 is 0 Å². The Morgan fingerprint density at radius 3 is 2.59 bits per heavy atom. The van der Waals surface area contributed by atoms with Crippen LogP contribution in [0.4, 0.5) is 13.2 Å². The molecule has 1 aromatic carbocycles. The number of carbonyl (C=O) groups excluding carboxylic acids is 1. The second kappa shape index (κ2) is 10.2. The summed E-state index contributed by atoms with van der Waals surface area (Å²) in [7, 11) is 1.49. The van der Waals surface area contributed by atoms with Crippen LogP contribution in [0.5, 0.6) is 5.75 Å². The van der Waals surface area contributed by atoms with E-state index in [0.29, 0.717) is 42.0 Å². The van der Waals surface area contributed by atoms with Gasteiger partial charge in [0.15, 0.2) is 17.0 Å². The van der Waals surface area contributed by atoms with Crippen LogP contribution < -0.4 is 10.1 Å². The minimum absolute atomic E-state index is 0.0433. The molecular weight excluding hydrogens is 475 g/mol. The third-order valence-electron chi connectivity index (χ3n) is 5.46. The molecule has 3 aromatic rings. The highest BCUT2D eigenvalue weighted by Gasteiger charge is 2.36. The van der Waals surface area contributed by atoms with Gasteiger partial charge in [-0.15, -0.1) is 0 Å². The maximum atomic E-state index is 13.8. The quantitative estimate of drug-likeness (QED) is 0.503. The molecule has 0 unspecified atom stereocenters. The summed E-state index contributed by atoms with van der Waals surface area (Å²) < 4.78 is 52.5. The minimum Gasteiger partial charge on any atom is -0.497 e. The first kappa shape index (κ1) is 24.2. The molecule has 0 spiro atoms. The van der Waals surface area contributed by atoms with E-state index in [1.807, 2.05) is 0 Å². The van der Waals surface area contributed by atoms with Crippen molar-refractivity contribution in [1.82, 2.24) is 24.8 Å². The fourth-order valence-corrected chi connectivity index (χ4v) is 3.91. The normalized spacial score (nSPS) is 15.0. The topological polar surface area (TPSA) is 81.0 Å². The van der Waals surface area contributed by atoms with Crippen molar-refractivity contribution in [1.29, 1.82) is 0 Å². The molecule has 1 aliphatic rings. The molecule has 12 heteroatoms. The number of morpholine rings is 1. The Hall–Kier alpha value is -2.89. The van der Waals surface area contributed by atoms with Crippen LogP contribution in [0.15, 0.2) is 30.3 Å². The van der Waals surface area contributed by atoms with Gasteiger partial charge in [0.2, 0.25) is 0 Å². The first-order valence-electron chi connectivity index (χ1n) is 10.7. The van der Waals surface area contributed by atoms with Crippen LogP contribution in [-0.2, 0) is 10.9 Å². The summed E-state index contributed by atoms with van der Waals surface area (Å²) in [5.74, 6) is -0.104. The van der Waals surface area contributed by atoms with Gasteiger partial charge in [0, 0.05) is 25.2 Å². The highest BCUT2D eigenvalue weighted by Crippen LogP contribution is 2.34. The van der Waals surface area contributed by atoms with Gasteiger partial charge in [0.1, 0.15) is 10.8 Å². The standard InChI is InChI=1S/C22H23ClF3N5O3/c1-33-15-5-3-14(4-6-15)16-13-17(22(24,25)26)31-20(28-16)18(23)19(29-31)21(32)27-7-2-8-30-9-11-34-12-10-30/h3-6,13H,2,7-12H2,1H3,(H,27,32). The molecule has 1 N–H and O–H groups in total. The molecule has 2 aromatic heterocycles. The third-order valence-corrected chi connectivity index (χ3v) is 5.81. The first-order valence-corrected chi connectivity index (χ1v) is 11.0. The summed E-state index contributed by atoms with van der Waals surface area (Å²) in [6.07, 6.45) is -4.08. The fourth-order valence-electron chi connectivity index (χ4n) is 3.66. The van der Waals surface area contributed by atoms with Crippen molar-refractivity contribution >= 4 is 23.2 Å². The number of alkyl halides is 3. The minimum atomic E-state index is -4.75. The average Bonchev–Trinajstić information content (AvgIpc) is 3.17. The van der Waals surface area contributed by atoms with E-state index in [2.05, 4.69) is 20.3 Å². The number of nitrogens with zero attached hydrogens (tertiary/aromatic N) is 4. The number of aromatic nitrogens is 3. The van der Waals surface area contributed by atoms with Gasteiger partial charge in [-0.25, -0.2) is 9.50 Å². The van der Waals surface area contributed by atoms with Crippen molar-refractivity contribution in [2.45, 2.75) is 12.6 Å². The predicted octanol–water partition coefficient (Wildman–Crippen LogP) is 3.53. The van der Waals surface area contributed by atoms with Crippen molar-refractivity contribution in [3.63, 3.8) is 0 Å². The predicted molar refractivity (Wildman–Crippen MR) is 119 cm³/mol. The summed E-state index contributed by atoms with van der Waals surface area (Å²) >= 11 is 6.30. The third kappa shape index (κ3) is 5.26. The lowest BCUT2D eigenvalue weighted by molar-refractivity contribution is -0.142. The SMILES string of the molecule is COc1ccc(-c2cc(C(F)(F)F)n3nc(C(=O)NCCCN4CCOCC4)c(Cl)c3n2)cc1. The van der Waals surface area contributed by atoms with Gasteiger partial charge in [0.05, 0.1) is 26.0 Å². The van der Waals surface area contributed by atoms with Gasteiger partial charge >= 0.3 is 6.18 Å². The van der Waals surface area contributed by atoms with Crippen LogP contribution in [0.25, 0.3) is 16.9 Å². The molecule has 4 rings (SSSR count). The van der Waals surface area contributed by atoms with E-state index < -0.39 is 17.8 Å². The Labute approximate surface area is 198 Å². The van der Waals surface area contributed by atoms with Crippen molar-refractivity contribution < 1.29 is 27.4 Å². The van der Waals surface area contributed by atoms with Crippen molar-refractivity contribution in [3.05, 3.63) is 46.7 Å². The van der Waals surface area contributed by atoms with Gasteiger partial charge in [-0.05, 0) is 43.3 Å². The number of methoxy groups -OCH3 is 1. The maximum Gasteiger partial charge on any atom is 0.433 e. The van der Waals surface area contributed by atoms with Crippen molar-refractivity contribution in [2.24, 2.45) is 0 Å². The second-order valence-electron chi connectivity index (χ2n) is 7.71. The van der Waals surface area contributed by atoms with Crippen LogP contribution in [-0.4, -0.2) is 71.9 Å². The zero-order valence-corrected chi connectivity index (χ0v) is 19.1. The van der Waals surface area contributed by atoms with Crippen LogP contribution in [0.1, 0.15) is 22.6 Å². The van der Waals surface area contributed by atoms with E-state index in [1.54, 1.807) is 24.3 Å². The fraction of sp³-hybridized carbons (Fsp3) is 0.409. The molecule has 0 aliphatic carbocycles. The Bertz CT molecular complexity index is 1160. The molecule has 3 heterocycles. The first-order chi connectivity index (χ1) is 16.3. The number of hydrogen-bond donors (Lipinski definition) is 1. The van der Waals surface area contributed by atoms with Crippen LogP contribution in [0.3, 0.4) is 0 Å². The number of nitrogens with one attached hydrogen (secondary N) is 1. The van der Waals surface area contributed by atoms with Gasteiger partial charge < -0.3 is 14.8 Å². The molecule has 1 aliphatic heterocycles. The Morgan fingerprint density at radius 2 is 1.94 bits per heavy atom. The summed E-state index contributed by atoms with van der Waals surface area (Å²) in [6.45, 7) is 4.11. The van der Waals surface area contributed by atoms with Gasteiger partial charge in [0.25, 0.3) is 5.91 Å². The molecule has 0 atom stereocenters. The largest absolute Gasteiger partial charge is 0.497 e. The van der Waals surface area contributed by atoms with Crippen LogP contribution >= 0.6 is 11.6 Å². The highest BCUT2D eigenvalue weighted by molar-refractivity contribution is 6.36. The smallest absolute Gasteiger partial charge is 0.433 e. The zero-order chi connectivity index (χ0) is 24.3. The number of amides is 1. The Kier molecular flexibility index (Phi) is 7.24. The molecule has 1 fully saturated rings. The van der Waals surface area contributed by atoms with Crippen LogP contribution in [0.2, 0.25) is 5.02 Å². The van der Waals surface area contributed by atoms with E-state index in [0.717, 1.165) is 25.7 Å². The Balaban J connectivity index is 1.58. The number of fused-ring (bicyclic) bond motifs is 1. The molecule has 0 saturated carbocycles. The van der Waals surface area contributed by atoms with Gasteiger partial charge in [-0.2, -0.15) is 18.3 Å². The number of halogens is 4. The maximum absolute atomic E-state index is 13.8. The van der Waals surface area contributed by atoms with E-state index in [9.17, 15) is 18.0 Å². The van der Waals surface area contributed by atoms with E-state index in [-0.39, 0.29) is 22.1 Å². The molecule has 8 nitrogen and oxygen atoms in total. The molecular formula is C22H23ClF3N5O3. The van der Waals surface area contributed by atoms with Crippen molar-refractivity contribution in [2.75, 3.05) is 46.5 Å². The summed E-state index contributed by atoms with van der Waals surface area (Å²) in [5.41, 5.74) is -1.17. The molecule has 1 amide bonds. The average molecular weight is 498 g/mol. The summed E-state index contributed by atoms with van der Waals surface area (Å²) in [4.78, 5) is 19.1. The molecule has 182 valence electrons. The number of hydrogen-bond acceptors (Lipinski definition) is 6. The lowest BCUT2D eigenvalue weighted by Crippen LogP contribution is -2.38. The van der Waals surface area contributed by atoms with Gasteiger partial charge in [-0.1, -0.05) is 11.6 Å². The number of ether oxygens (including phenoxy) is 2. The number of rotatable bonds is 7. The monoisotopic (exact) mass is 497 g/mol. The molecule has 34 heavy (non-hydrogen) atoms.